The molecule has 0 unspecified atom stereocenters. The Hall–Kier alpha value is -2.75. The molecule has 0 bridgehead atoms. The molecule has 0 amide bonds. The topological polar surface area (TPSA) is 64.1 Å². The molecule has 4 nitrogen and oxygen atoms in total. The van der Waals surface area contributed by atoms with E-state index in [2.05, 4.69) is 24.0 Å². The van der Waals surface area contributed by atoms with E-state index in [1.807, 2.05) is 55.5 Å². The van der Waals surface area contributed by atoms with E-state index in [0.717, 1.165) is 16.8 Å². The number of aromatic nitrogens is 1. The first kappa shape index (κ1) is 25.3. The molecule has 1 radical (unpaired) electrons. The van der Waals surface area contributed by atoms with E-state index in [-0.39, 0.29) is 43.9 Å². The smallest absolute Gasteiger partial charge is 0.194 e. The molecular weight excluding hydrogens is 554 g/mol. The number of hydrogen-bond acceptors (Lipinski definition) is 4. The molecule has 0 saturated carbocycles. The zero-order valence-corrected chi connectivity index (χ0v) is 19.9. The van der Waals surface area contributed by atoms with Crippen LogP contribution in [0, 0.1) is 19.9 Å². The van der Waals surface area contributed by atoms with Gasteiger partial charge < -0.3 is 4.98 Å². The van der Waals surface area contributed by atoms with Crippen LogP contribution in [0.25, 0.3) is 11.3 Å². The third-order valence-electron chi connectivity index (χ3n) is 3.98. The Morgan fingerprint density at radius 3 is 1.97 bits per heavy atom. The normalized spacial score (nSPS) is 9.60. The Balaban J connectivity index is 0.000000489. The van der Waals surface area contributed by atoms with E-state index in [0.29, 0.717) is 11.1 Å². The summed E-state index contributed by atoms with van der Waals surface area (Å²) < 4.78 is 0. The van der Waals surface area contributed by atoms with Gasteiger partial charge in [0.2, 0.25) is 0 Å². The van der Waals surface area contributed by atoms with Crippen LogP contribution in [0.5, 0.6) is 0 Å². The molecular formula is C25H24IrNO3-. The maximum atomic E-state index is 12.4. The van der Waals surface area contributed by atoms with Crippen molar-refractivity contribution in [2.75, 3.05) is 0 Å². The monoisotopic (exact) mass is 579 g/mol. The number of ketones is 3. The molecule has 30 heavy (non-hydrogen) atoms. The Morgan fingerprint density at radius 1 is 0.867 bits per heavy atom. The van der Waals surface area contributed by atoms with Crippen LogP contribution in [-0.2, 0) is 29.7 Å². The van der Waals surface area contributed by atoms with Gasteiger partial charge in [0.25, 0.3) is 0 Å². The first-order chi connectivity index (χ1) is 13.8. The molecule has 157 valence electrons. The molecule has 0 aliphatic rings. The molecule has 0 N–H and O–H groups in total. The number of hydrogen-bond donors (Lipinski definition) is 0. The van der Waals surface area contributed by atoms with Gasteiger partial charge >= 0.3 is 0 Å². The predicted molar refractivity (Wildman–Crippen MR) is 114 cm³/mol. The number of pyridine rings is 1. The second-order valence-corrected chi connectivity index (χ2v) is 6.96. The van der Waals surface area contributed by atoms with Crippen LogP contribution >= 0.6 is 0 Å². The van der Waals surface area contributed by atoms with E-state index < -0.39 is 0 Å². The van der Waals surface area contributed by atoms with E-state index in [4.69, 9.17) is 0 Å². The second kappa shape index (κ2) is 12.1. The van der Waals surface area contributed by atoms with Crippen molar-refractivity contribution >= 4 is 17.3 Å². The Kier molecular flexibility index (Phi) is 10.2. The largest absolute Gasteiger partial charge is 0.304 e. The molecule has 3 rings (SSSR count). The summed E-state index contributed by atoms with van der Waals surface area (Å²) >= 11 is 0. The molecule has 2 aromatic carbocycles. The summed E-state index contributed by atoms with van der Waals surface area (Å²) in [5.74, 6) is -0.135. The van der Waals surface area contributed by atoms with Crippen molar-refractivity contribution in [2.24, 2.45) is 0 Å². The number of benzene rings is 2. The zero-order valence-electron chi connectivity index (χ0n) is 17.5. The van der Waals surface area contributed by atoms with Crippen molar-refractivity contribution in [3.63, 3.8) is 0 Å². The maximum Gasteiger partial charge on any atom is 0.194 e. The molecule has 3 aromatic rings. The molecule has 0 saturated heterocycles. The molecule has 5 heteroatoms. The van der Waals surface area contributed by atoms with E-state index in [9.17, 15) is 14.4 Å². The Bertz CT molecular complexity index is 980. The van der Waals surface area contributed by atoms with E-state index in [1.54, 1.807) is 6.20 Å². The van der Waals surface area contributed by atoms with E-state index in [1.165, 1.54) is 19.4 Å². The van der Waals surface area contributed by atoms with Crippen LogP contribution in [0.4, 0.5) is 0 Å². The number of aryl methyl sites for hydroxylation is 2. The molecule has 0 fully saturated rings. The van der Waals surface area contributed by atoms with Gasteiger partial charge in [0.05, 0.1) is 6.42 Å². The SMILES string of the molecule is CC(=O)CC(C)=O.Cc1[c-]c(-c2ccc(C(=O)c3ccccc3)cn2)cc(C)c1.[Ir]. The van der Waals surface area contributed by atoms with Crippen molar-refractivity contribution in [1.82, 2.24) is 4.98 Å². The van der Waals surface area contributed by atoms with Crippen molar-refractivity contribution in [3.05, 3.63) is 89.1 Å². The minimum absolute atomic E-state index is 0. The predicted octanol–water partition coefficient (Wildman–Crippen LogP) is 4.95. The third-order valence-corrected chi connectivity index (χ3v) is 3.98. The average Bonchev–Trinajstić information content (AvgIpc) is 2.67. The van der Waals surface area contributed by atoms with Crippen LogP contribution in [0.15, 0.2) is 60.8 Å². The summed E-state index contributed by atoms with van der Waals surface area (Å²) in [6.45, 7) is 6.88. The van der Waals surface area contributed by atoms with Crippen molar-refractivity contribution in [1.29, 1.82) is 0 Å². The van der Waals surface area contributed by atoms with Crippen LogP contribution < -0.4 is 0 Å². The summed E-state index contributed by atoms with van der Waals surface area (Å²) in [4.78, 5) is 36.8. The fourth-order valence-electron chi connectivity index (χ4n) is 2.83. The molecule has 1 aromatic heterocycles. The third kappa shape index (κ3) is 7.94. The fourth-order valence-corrected chi connectivity index (χ4v) is 2.83. The van der Waals surface area contributed by atoms with Gasteiger partial charge in [-0.2, -0.15) is 0 Å². The van der Waals surface area contributed by atoms with Gasteiger partial charge in [0.1, 0.15) is 11.6 Å². The summed E-state index contributed by atoms with van der Waals surface area (Å²) in [7, 11) is 0. The molecule has 0 atom stereocenters. The first-order valence-electron chi connectivity index (χ1n) is 9.32. The van der Waals surface area contributed by atoms with E-state index >= 15 is 0 Å². The van der Waals surface area contributed by atoms with Gasteiger partial charge in [0, 0.05) is 37.4 Å². The van der Waals surface area contributed by atoms with Gasteiger partial charge in [0.15, 0.2) is 5.78 Å². The molecule has 0 aliphatic carbocycles. The van der Waals surface area contributed by atoms with Crippen molar-refractivity contribution in [2.45, 2.75) is 34.1 Å². The summed E-state index contributed by atoms with van der Waals surface area (Å²) in [5.41, 5.74) is 5.32. The van der Waals surface area contributed by atoms with Crippen molar-refractivity contribution < 1.29 is 34.5 Å². The molecule has 0 spiro atoms. The van der Waals surface area contributed by atoms with Gasteiger partial charge in [-0.15, -0.1) is 34.9 Å². The van der Waals surface area contributed by atoms with Crippen LogP contribution in [0.1, 0.15) is 47.3 Å². The Labute approximate surface area is 191 Å². The quantitative estimate of drug-likeness (QED) is 0.244. The minimum atomic E-state index is -0.0625. The summed E-state index contributed by atoms with van der Waals surface area (Å²) in [6.07, 6.45) is 1.72. The standard InChI is InChI=1S/C20H16NO.C5H8O2.Ir/c1-14-10-15(2)12-18(11-14)19-9-8-17(13-21-19)20(22)16-6-4-3-5-7-16;1-4(6)3-5(2)7;/h3-11,13H,1-2H3;3H2,1-2H3;/q-1;;. The van der Waals surface area contributed by atoms with Crippen LogP contribution in [0.2, 0.25) is 0 Å². The number of carbonyl (C=O) groups is 3. The molecule has 0 aliphatic heterocycles. The van der Waals surface area contributed by atoms with Gasteiger partial charge in [-0.25, -0.2) is 0 Å². The molecule has 1 heterocycles. The number of carbonyl (C=O) groups excluding carboxylic acids is 3. The zero-order chi connectivity index (χ0) is 21.4. The van der Waals surface area contributed by atoms with Crippen LogP contribution in [-0.4, -0.2) is 22.3 Å². The minimum Gasteiger partial charge on any atom is -0.304 e. The van der Waals surface area contributed by atoms with Gasteiger partial charge in [-0.1, -0.05) is 56.3 Å². The van der Waals surface area contributed by atoms with Crippen LogP contribution in [0.3, 0.4) is 0 Å². The van der Waals surface area contributed by atoms with Gasteiger partial charge in [-0.05, 0) is 19.5 Å². The second-order valence-electron chi connectivity index (χ2n) is 6.96. The maximum absolute atomic E-state index is 12.4. The first-order valence-corrected chi connectivity index (χ1v) is 9.32. The number of nitrogens with zero attached hydrogens (tertiary/aromatic N) is 1. The average molecular weight is 579 g/mol. The fraction of sp³-hybridized carbons (Fsp3) is 0.200. The summed E-state index contributed by atoms with van der Waals surface area (Å²) in [6, 6.07) is 20.4. The summed E-state index contributed by atoms with van der Waals surface area (Å²) in [5, 5.41) is 0. The number of Topliss-reactive ketones (excluding diaryl/α,β-unsaturated/α-hetero) is 2. The van der Waals surface area contributed by atoms with Crippen molar-refractivity contribution in [3.8, 4) is 11.3 Å². The van der Waals surface area contributed by atoms with Gasteiger partial charge in [-0.3, -0.25) is 14.4 Å². The number of rotatable bonds is 5. The Morgan fingerprint density at radius 2 is 1.50 bits per heavy atom.